The van der Waals surface area contributed by atoms with E-state index in [0.717, 1.165) is 11.1 Å². The van der Waals surface area contributed by atoms with Gasteiger partial charge in [0.2, 0.25) is 5.91 Å². The van der Waals surface area contributed by atoms with Crippen LogP contribution in [-0.4, -0.2) is 37.2 Å². The van der Waals surface area contributed by atoms with Gasteiger partial charge in [0.1, 0.15) is 18.7 Å². The molecular weight excluding hydrogens is 432 g/mol. The third-order valence-electron chi connectivity index (χ3n) is 5.50. The molecule has 0 aliphatic rings. The highest BCUT2D eigenvalue weighted by atomic mass is 16.5. The summed E-state index contributed by atoms with van der Waals surface area (Å²) < 4.78 is 10.2. The van der Waals surface area contributed by atoms with Gasteiger partial charge in [0.15, 0.2) is 0 Å². The first kappa shape index (κ1) is 26.9. The standard InChI is InChI=1S/C27H36N2O5/c1-18(2)23(29-26(32)34-17-20-10-8-7-9-11-20)24(30)28-22(25(31)33-6)16-19-12-14-21(15-13-19)27(3,4)5/h7-15,18,22-23H,16-17H2,1-6H3,(H,28,30)(H,29,32)/t22-,23+/m0/s1. The number of carbonyl (C=O) groups excluding carboxylic acids is 3. The first-order valence-corrected chi connectivity index (χ1v) is 11.5. The maximum atomic E-state index is 13.0. The molecule has 2 atom stereocenters. The normalized spacial score (nSPS) is 13.0. The smallest absolute Gasteiger partial charge is 0.408 e. The predicted octanol–water partition coefficient (Wildman–Crippen LogP) is 4.14. The average Bonchev–Trinajstić information content (AvgIpc) is 2.80. The molecule has 2 aromatic rings. The molecule has 0 aliphatic heterocycles. The summed E-state index contributed by atoms with van der Waals surface area (Å²) in [6.07, 6.45) is -0.434. The zero-order valence-electron chi connectivity index (χ0n) is 20.9. The monoisotopic (exact) mass is 468 g/mol. The third-order valence-corrected chi connectivity index (χ3v) is 5.50. The summed E-state index contributed by atoms with van der Waals surface area (Å²) in [5.41, 5.74) is 2.92. The number of ether oxygens (including phenoxy) is 2. The van der Waals surface area contributed by atoms with Crippen LogP contribution >= 0.6 is 0 Å². The van der Waals surface area contributed by atoms with Gasteiger partial charge in [-0.05, 0) is 28.0 Å². The predicted molar refractivity (Wildman–Crippen MR) is 131 cm³/mol. The first-order chi connectivity index (χ1) is 16.0. The van der Waals surface area contributed by atoms with Crippen LogP contribution in [0.4, 0.5) is 4.79 Å². The maximum Gasteiger partial charge on any atom is 0.408 e. The number of alkyl carbamates (subject to hydrolysis) is 1. The minimum absolute atomic E-state index is 0.0137. The number of hydrogen-bond donors (Lipinski definition) is 2. The number of hydrogen-bond acceptors (Lipinski definition) is 5. The summed E-state index contributed by atoms with van der Waals surface area (Å²) in [6.45, 7) is 10.1. The lowest BCUT2D eigenvalue weighted by Crippen LogP contribution is -2.54. The Labute approximate surface area is 202 Å². The van der Waals surface area contributed by atoms with Crippen LogP contribution in [0.5, 0.6) is 0 Å². The molecule has 0 unspecified atom stereocenters. The van der Waals surface area contributed by atoms with Crippen LogP contribution < -0.4 is 10.6 Å². The van der Waals surface area contributed by atoms with E-state index in [1.54, 1.807) is 13.8 Å². The Hall–Kier alpha value is -3.35. The quantitative estimate of drug-likeness (QED) is 0.540. The Morgan fingerprint density at radius 3 is 2.03 bits per heavy atom. The lowest BCUT2D eigenvalue weighted by molar-refractivity contribution is -0.145. The van der Waals surface area contributed by atoms with Gasteiger partial charge in [-0.2, -0.15) is 0 Å². The zero-order valence-corrected chi connectivity index (χ0v) is 20.9. The zero-order chi connectivity index (χ0) is 25.3. The van der Waals surface area contributed by atoms with Crippen LogP contribution in [0.2, 0.25) is 0 Å². The number of nitrogens with one attached hydrogen (secondary N) is 2. The molecule has 0 bridgehead atoms. The fourth-order valence-corrected chi connectivity index (χ4v) is 3.40. The second kappa shape index (κ2) is 12.2. The molecule has 2 rings (SSSR count). The van der Waals surface area contributed by atoms with E-state index in [2.05, 4.69) is 31.4 Å². The highest BCUT2D eigenvalue weighted by Crippen LogP contribution is 2.22. The van der Waals surface area contributed by atoms with E-state index < -0.39 is 30.1 Å². The number of rotatable bonds is 9. The van der Waals surface area contributed by atoms with Crippen molar-refractivity contribution < 1.29 is 23.9 Å². The van der Waals surface area contributed by atoms with E-state index in [9.17, 15) is 14.4 Å². The lowest BCUT2D eigenvalue weighted by Gasteiger charge is -2.24. The number of amides is 2. The Balaban J connectivity index is 2.04. The number of carbonyl (C=O) groups is 3. The van der Waals surface area contributed by atoms with Crippen LogP contribution in [0.1, 0.15) is 51.3 Å². The molecule has 0 saturated heterocycles. The van der Waals surface area contributed by atoms with E-state index in [0.29, 0.717) is 0 Å². The Kier molecular flexibility index (Phi) is 9.66. The molecule has 0 fully saturated rings. The fourth-order valence-electron chi connectivity index (χ4n) is 3.40. The van der Waals surface area contributed by atoms with Crippen molar-refractivity contribution >= 4 is 18.0 Å². The highest BCUT2D eigenvalue weighted by molar-refractivity contribution is 5.90. The molecule has 0 aromatic heterocycles. The van der Waals surface area contributed by atoms with Gasteiger partial charge in [-0.3, -0.25) is 4.79 Å². The molecular formula is C27H36N2O5. The van der Waals surface area contributed by atoms with Crippen LogP contribution in [-0.2, 0) is 37.5 Å². The van der Waals surface area contributed by atoms with E-state index in [1.165, 1.54) is 12.7 Å². The van der Waals surface area contributed by atoms with Gasteiger partial charge in [0, 0.05) is 6.42 Å². The van der Waals surface area contributed by atoms with Gasteiger partial charge >= 0.3 is 12.1 Å². The van der Waals surface area contributed by atoms with Gasteiger partial charge in [-0.25, -0.2) is 9.59 Å². The van der Waals surface area contributed by atoms with Crippen LogP contribution in [0, 0.1) is 5.92 Å². The summed E-state index contributed by atoms with van der Waals surface area (Å²) in [4.78, 5) is 37.7. The van der Waals surface area contributed by atoms with Crippen LogP contribution in [0.25, 0.3) is 0 Å². The fraction of sp³-hybridized carbons (Fsp3) is 0.444. The van der Waals surface area contributed by atoms with Crippen molar-refractivity contribution in [2.45, 2.75) is 65.1 Å². The Morgan fingerprint density at radius 1 is 0.882 bits per heavy atom. The van der Waals surface area contributed by atoms with Crippen LogP contribution in [0.3, 0.4) is 0 Å². The van der Waals surface area contributed by atoms with Crippen LogP contribution in [0.15, 0.2) is 54.6 Å². The van der Waals surface area contributed by atoms with Crippen molar-refractivity contribution in [1.82, 2.24) is 10.6 Å². The Morgan fingerprint density at radius 2 is 1.50 bits per heavy atom. The number of methoxy groups -OCH3 is 1. The third kappa shape index (κ3) is 8.21. The van der Waals surface area contributed by atoms with Gasteiger partial charge in [-0.15, -0.1) is 0 Å². The minimum Gasteiger partial charge on any atom is -0.467 e. The van der Waals surface area contributed by atoms with Gasteiger partial charge in [-0.1, -0.05) is 89.2 Å². The summed E-state index contributed by atoms with van der Waals surface area (Å²) >= 11 is 0. The number of benzene rings is 2. The molecule has 0 radical (unpaired) electrons. The summed E-state index contributed by atoms with van der Waals surface area (Å²) in [6, 6.07) is 15.4. The largest absolute Gasteiger partial charge is 0.467 e. The highest BCUT2D eigenvalue weighted by Gasteiger charge is 2.30. The van der Waals surface area contributed by atoms with E-state index >= 15 is 0 Å². The Bertz CT molecular complexity index is 949. The first-order valence-electron chi connectivity index (χ1n) is 11.5. The van der Waals surface area contributed by atoms with E-state index in [-0.39, 0.29) is 24.4 Å². The molecule has 184 valence electrons. The van der Waals surface area contributed by atoms with Crippen molar-refractivity contribution in [3.05, 3.63) is 71.3 Å². The van der Waals surface area contributed by atoms with Crippen molar-refractivity contribution in [1.29, 1.82) is 0 Å². The van der Waals surface area contributed by atoms with Crippen molar-refractivity contribution in [3.8, 4) is 0 Å². The summed E-state index contributed by atoms with van der Waals surface area (Å²) in [7, 11) is 1.28. The van der Waals surface area contributed by atoms with Gasteiger partial charge in [0.05, 0.1) is 7.11 Å². The second-order valence-corrected chi connectivity index (χ2v) is 9.66. The molecule has 0 aliphatic carbocycles. The average molecular weight is 469 g/mol. The van der Waals surface area contributed by atoms with Gasteiger partial charge in [0.25, 0.3) is 0 Å². The van der Waals surface area contributed by atoms with Crippen molar-refractivity contribution in [2.75, 3.05) is 7.11 Å². The lowest BCUT2D eigenvalue weighted by atomic mass is 9.86. The summed E-state index contributed by atoms with van der Waals surface area (Å²) in [5.74, 6) is -1.26. The molecule has 0 spiro atoms. The molecule has 34 heavy (non-hydrogen) atoms. The van der Waals surface area contributed by atoms with Crippen molar-refractivity contribution in [2.24, 2.45) is 5.92 Å². The second-order valence-electron chi connectivity index (χ2n) is 9.66. The SMILES string of the molecule is COC(=O)[C@H](Cc1ccc(C(C)(C)C)cc1)NC(=O)[C@H](NC(=O)OCc1ccccc1)C(C)C. The number of esters is 1. The molecule has 7 nitrogen and oxygen atoms in total. The van der Waals surface area contributed by atoms with Crippen molar-refractivity contribution in [3.63, 3.8) is 0 Å². The van der Waals surface area contributed by atoms with E-state index in [4.69, 9.17) is 9.47 Å². The molecule has 0 heterocycles. The molecule has 2 N–H and O–H groups in total. The van der Waals surface area contributed by atoms with E-state index in [1.807, 2.05) is 54.6 Å². The van der Waals surface area contributed by atoms with Gasteiger partial charge < -0.3 is 20.1 Å². The molecule has 2 aromatic carbocycles. The summed E-state index contributed by atoms with van der Waals surface area (Å²) in [5, 5.41) is 5.35. The minimum atomic E-state index is -0.888. The maximum absolute atomic E-state index is 13.0. The molecule has 7 heteroatoms. The molecule has 0 saturated carbocycles. The molecule has 2 amide bonds. The topological polar surface area (TPSA) is 93.7 Å².